The summed E-state index contributed by atoms with van der Waals surface area (Å²) >= 11 is 1.47. The van der Waals surface area contributed by atoms with Crippen LogP contribution in [-0.2, 0) is 4.79 Å². The van der Waals surface area contributed by atoms with E-state index < -0.39 is 6.04 Å². The van der Waals surface area contributed by atoms with Crippen LogP contribution in [0.4, 0.5) is 5.13 Å². The predicted molar refractivity (Wildman–Crippen MR) is 65.8 cm³/mol. The second-order valence-electron chi connectivity index (χ2n) is 3.14. The van der Waals surface area contributed by atoms with Gasteiger partial charge < -0.3 is 5.73 Å². The minimum atomic E-state index is -0.473. The minimum absolute atomic E-state index is 0. The van der Waals surface area contributed by atoms with E-state index in [0.29, 0.717) is 6.54 Å². The van der Waals surface area contributed by atoms with Crippen molar-refractivity contribution >= 4 is 34.8 Å². The largest absolute Gasteiger partial charge is 0.320 e. The number of thiazole rings is 1. The van der Waals surface area contributed by atoms with Crippen molar-refractivity contribution in [2.75, 3.05) is 11.4 Å². The van der Waals surface area contributed by atoms with Gasteiger partial charge in [0, 0.05) is 11.9 Å². The molecule has 0 saturated heterocycles. The van der Waals surface area contributed by atoms with Crippen molar-refractivity contribution in [2.24, 2.45) is 5.73 Å². The molecule has 0 aromatic carbocycles. The summed E-state index contributed by atoms with van der Waals surface area (Å²) in [5.74, 6) is -0.0816. The molecule has 0 fully saturated rings. The number of amides is 1. The highest BCUT2D eigenvalue weighted by molar-refractivity contribution is 7.14. The molecule has 4 nitrogen and oxygen atoms in total. The highest BCUT2D eigenvalue weighted by Gasteiger charge is 2.19. The maximum atomic E-state index is 11.7. The van der Waals surface area contributed by atoms with Crippen LogP contribution in [0.2, 0.25) is 0 Å². The van der Waals surface area contributed by atoms with Gasteiger partial charge in [0.2, 0.25) is 5.91 Å². The molecular formula is C9H16ClN3OS. The summed E-state index contributed by atoms with van der Waals surface area (Å²) in [6.45, 7) is 6.11. The molecule has 0 aliphatic carbocycles. The average molecular weight is 250 g/mol. The van der Waals surface area contributed by atoms with E-state index in [2.05, 4.69) is 4.98 Å². The summed E-state index contributed by atoms with van der Waals surface area (Å²) < 4.78 is 0. The van der Waals surface area contributed by atoms with Gasteiger partial charge in [0.1, 0.15) is 0 Å². The molecule has 1 aromatic heterocycles. The van der Waals surface area contributed by atoms with E-state index in [9.17, 15) is 4.79 Å². The number of carbonyl (C=O) groups excluding carboxylic acids is 1. The van der Waals surface area contributed by atoms with Crippen molar-refractivity contribution in [1.29, 1.82) is 0 Å². The van der Waals surface area contributed by atoms with E-state index in [0.717, 1.165) is 10.8 Å². The molecule has 0 bridgehead atoms. The van der Waals surface area contributed by atoms with Crippen LogP contribution in [0.15, 0.2) is 5.38 Å². The second kappa shape index (κ2) is 6.05. The number of hydrogen-bond donors (Lipinski definition) is 1. The molecule has 1 heterocycles. The standard InChI is InChI=1S/C9H15N3OS.ClH/c1-4-12(8(13)7(3)10)9-11-6(2)5-14-9;/h5,7H,4,10H2,1-3H3;1H. The molecule has 1 amide bonds. The predicted octanol–water partition coefficient (Wildman–Crippen LogP) is 1.57. The quantitative estimate of drug-likeness (QED) is 0.885. The summed E-state index contributed by atoms with van der Waals surface area (Å²) in [5, 5.41) is 2.65. The second-order valence-corrected chi connectivity index (χ2v) is 3.98. The van der Waals surface area contributed by atoms with Gasteiger partial charge in [-0.1, -0.05) is 0 Å². The van der Waals surface area contributed by atoms with Crippen molar-refractivity contribution in [3.05, 3.63) is 11.1 Å². The molecule has 0 spiro atoms. The van der Waals surface area contributed by atoms with Gasteiger partial charge in [-0.2, -0.15) is 0 Å². The first-order chi connectivity index (χ1) is 6.56. The lowest BCUT2D eigenvalue weighted by Gasteiger charge is -2.19. The Hall–Kier alpha value is -0.650. The van der Waals surface area contributed by atoms with E-state index in [4.69, 9.17) is 5.73 Å². The summed E-state index contributed by atoms with van der Waals surface area (Å²) in [6, 6.07) is -0.473. The van der Waals surface area contributed by atoms with Gasteiger partial charge in [0.15, 0.2) is 5.13 Å². The number of aryl methyl sites for hydroxylation is 1. The van der Waals surface area contributed by atoms with Crippen molar-refractivity contribution in [2.45, 2.75) is 26.8 Å². The van der Waals surface area contributed by atoms with E-state index >= 15 is 0 Å². The Morgan fingerprint density at radius 1 is 1.73 bits per heavy atom. The lowest BCUT2D eigenvalue weighted by Crippen LogP contribution is -2.42. The van der Waals surface area contributed by atoms with Crippen molar-refractivity contribution in [3.63, 3.8) is 0 Å². The molecule has 0 aliphatic heterocycles. The third kappa shape index (κ3) is 3.44. The van der Waals surface area contributed by atoms with Crippen LogP contribution in [0.1, 0.15) is 19.5 Å². The number of carbonyl (C=O) groups is 1. The number of nitrogens with zero attached hydrogens (tertiary/aromatic N) is 2. The zero-order valence-electron chi connectivity index (χ0n) is 9.06. The Kier molecular flexibility index (Phi) is 5.79. The molecule has 1 atom stereocenters. The van der Waals surface area contributed by atoms with Gasteiger partial charge in [0.25, 0.3) is 0 Å². The summed E-state index contributed by atoms with van der Waals surface area (Å²) in [4.78, 5) is 17.5. The van der Waals surface area contributed by atoms with Crippen LogP contribution in [0, 0.1) is 6.92 Å². The van der Waals surface area contributed by atoms with Crippen LogP contribution in [-0.4, -0.2) is 23.5 Å². The van der Waals surface area contributed by atoms with Gasteiger partial charge >= 0.3 is 0 Å². The summed E-state index contributed by atoms with van der Waals surface area (Å²) in [5.41, 5.74) is 6.47. The van der Waals surface area contributed by atoms with Crippen molar-refractivity contribution < 1.29 is 4.79 Å². The Labute approximate surface area is 99.9 Å². The lowest BCUT2D eigenvalue weighted by molar-refractivity contribution is -0.119. The number of nitrogens with two attached hydrogens (primary N) is 1. The van der Waals surface area contributed by atoms with Crippen molar-refractivity contribution in [1.82, 2.24) is 4.98 Å². The zero-order chi connectivity index (χ0) is 10.7. The molecule has 0 radical (unpaired) electrons. The van der Waals surface area contributed by atoms with Gasteiger partial charge in [-0.15, -0.1) is 23.7 Å². The maximum Gasteiger partial charge on any atom is 0.245 e. The van der Waals surface area contributed by atoms with Crippen LogP contribution < -0.4 is 10.6 Å². The van der Waals surface area contributed by atoms with E-state index in [-0.39, 0.29) is 18.3 Å². The lowest BCUT2D eigenvalue weighted by atomic mass is 10.3. The van der Waals surface area contributed by atoms with Crippen LogP contribution in [0.3, 0.4) is 0 Å². The number of aromatic nitrogens is 1. The Balaban J connectivity index is 0.00000196. The first kappa shape index (κ1) is 14.3. The fourth-order valence-corrected chi connectivity index (χ4v) is 1.97. The highest BCUT2D eigenvalue weighted by Crippen LogP contribution is 2.20. The van der Waals surface area contributed by atoms with Gasteiger partial charge in [0.05, 0.1) is 11.7 Å². The third-order valence-electron chi connectivity index (χ3n) is 1.81. The van der Waals surface area contributed by atoms with Gasteiger partial charge in [-0.3, -0.25) is 9.69 Å². The molecule has 0 aliphatic rings. The Morgan fingerprint density at radius 2 is 2.33 bits per heavy atom. The fraction of sp³-hybridized carbons (Fsp3) is 0.556. The minimum Gasteiger partial charge on any atom is -0.320 e. The first-order valence-corrected chi connectivity index (χ1v) is 5.43. The Bertz CT molecular complexity index is 327. The van der Waals surface area contributed by atoms with Crippen molar-refractivity contribution in [3.8, 4) is 0 Å². The number of halogens is 1. The molecule has 86 valence electrons. The molecule has 1 unspecified atom stereocenters. The maximum absolute atomic E-state index is 11.7. The summed E-state index contributed by atoms with van der Waals surface area (Å²) in [7, 11) is 0. The SMILES string of the molecule is CCN(C(=O)C(C)N)c1nc(C)cs1.Cl. The first-order valence-electron chi connectivity index (χ1n) is 4.55. The van der Waals surface area contributed by atoms with Gasteiger partial charge in [-0.25, -0.2) is 4.98 Å². The van der Waals surface area contributed by atoms with E-state index in [1.54, 1.807) is 11.8 Å². The van der Waals surface area contributed by atoms with Crippen LogP contribution in [0.5, 0.6) is 0 Å². The average Bonchev–Trinajstić information content (AvgIpc) is 2.53. The smallest absolute Gasteiger partial charge is 0.245 e. The Morgan fingerprint density at radius 3 is 2.67 bits per heavy atom. The molecule has 1 rings (SSSR count). The monoisotopic (exact) mass is 249 g/mol. The van der Waals surface area contributed by atoms with Gasteiger partial charge in [-0.05, 0) is 20.8 Å². The zero-order valence-corrected chi connectivity index (χ0v) is 10.7. The normalized spacial score (nSPS) is 11.7. The molecule has 0 saturated carbocycles. The van der Waals surface area contributed by atoms with E-state index in [1.165, 1.54) is 11.3 Å². The molecular weight excluding hydrogens is 234 g/mol. The molecule has 15 heavy (non-hydrogen) atoms. The summed E-state index contributed by atoms with van der Waals surface area (Å²) in [6.07, 6.45) is 0. The highest BCUT2D eigenvalue weighted by atomic mass is 35.5. The third-order valence-corrected chi connectivity index (χ3v) is 2.79. The topological polar surface area (TPSA) is 59.2 Å². The molecule has 1 aromatic rings. The fourth-order valence-electron chi connectivity index (χ4n) is 1.10. The molecule has 2 N–H and O–H groups in total. The van der Waals surface area contributed by atoms with Crippen LogP contribution >= 0.6 is 23.7 Å². The molecule has 6 heteroatoms. The number of anilines is 1. The van der Waals surface area contributed by atoms with E-state index in [1.807, 2.05) is 19.2 Å². The number of hydrogen-bond acceptors (Lipinski definition) is 4. The van der Waals surface area contributed by atoms with Crippen LogP contribution in [0.25, 0.3) is 0 Å². The number of likely N-dealkylation sites (N-methyl/N-ethyl adjacent to an activating group) is 1. The number of rotatable bonds is 3.